The van der Waals surface area contributed by atoms with E-state index >= 15 is 0 Å². The number of nitrogens with one attached hydrogen (secondary N) is 4. The molecule has 3 saturated heterocycles. The fourth-order valence-electron chi connectivity index (χ4n) is 8.67. The van der Waals surface area contributed by atoms with Gasteiger partial charge < -0.3 is 40.8 Å². The molecule has 7 rings (SSSR count). The van der Waals surface area contributed by atoms with E-state index in [0.29, 0.717) is 47.7 Å². The molecule has 5 heterocycles. The van der Waals surface area contributed by atoms with Gasteiger partial charge in [0.05, 0.1) is 36.1 Å². The number of rotatable bonds is 12. The number of carbonyl (C=O) groups is 3. The van der Waals surface area contributed by atoms with E-state index in [1.807, 2.05) is 62.5 Å². The molecule has 0 unspecified atom stereocenters. The number of aliphatic hydroxyl groups is 1. The van der Waals surface area contributed by atoms with Crippen LogP contribution in [-0.4, -0.2) is 88.8 Å². The smallest absolute Gasteiger partial charge is 0.264 e. The zero-order valence-electron chi connectivity index (χ0n) is 30.1. The second-order valence-corrected chi connectivity index (χ2v) is 19.2. The third kappa shape index (κ3) is 7.05. The Labute approximate surface area is 304 Å². The van der Waals surface area contributed by atoms with E-state index in [1.165, 1.54) is 0 Å². The number of hydrogen-bond acceptors (Lipinski definition) is 10. The number of anilines is 3. The van der Waals surface area contributed by atoms with Gasteiger partial charge in [0.1, 0.15) is 0 Å². The number of aryl methyl sites for hydroxylation is 1. The normalized spacial score (nSPS) is 27.1. The second-order valence-electron chi connectivity index (χ2n) is 15.2. The van der Waals surface area contributed by atoms with E-state index in [9.17, 15) is 24.3 Å². The van der Waals surface area contributed by atoms with E-state index in [2.05, 4.69) is 31.6 Å². The quantitative estimate of drug-likeness (QED) is 0.152. The van der Waals surface area contributed by atoms with E-state index < -0.39 is 20.0 Å². The summed E-state index contributed by atoms with van der Waals surface area (Å²) in [6.07, 6.45) is 5.74. The van der Waals surface area contributed by atoms with Crippen molar-refractivity contribution in [3.63, 3.8) is 0 Å². The number of ether oxygens (including phenoxy) is 1. The summed E-state index contributed by atoms with van der Waals surface area (Å²) in [6.45, 7) is 8.13. The van der Waals surface area contributed by atoms with Crippen molar-refractivity contribution in [1.82, 2.24) is 25.6 Å². The Bertz CT molecular complexity index is 1780. The maximum Gasteiger partial charge on any atom is 0.264 e. The second kappa shape index (κ2) is 14.8. The van der Waals surface area contributed by atoms with Crippen LogP contribution in [0.2, 0.25) is 18.6 Å². The zero-order valence-corrected chi connectivity index (χ0v) is 31.1. The minimum absolute atomic E-state index is 0.0205. The Balaban J connectivity index is 1.19. The molecule has 2 aromatic carbocycles. The third-order valence-electron chi connectivity index (χ3n) is 11.2. The predicted octanol–water partition coefficient (Wildman–Crippen LogP) is 2.63. The Hall–Kier alpha value is -3.99. The highest BCUT2D eigenvalue weighted by Crippen LogP contribution is 2.60. The van der Waals surface area contributed by atoms with Crippen LogP contribution < -0.4 is 26.2 Å². The van der Waals surface area contributed by atoms with Gasteiger partial charge in [0, 0.05) is 54.2 Å². The summed E-state index contributed by atoms with van der Waals surface area (Å²) in [6, 6.07) is 12.6. The van der Waals surface area contributed by atoms with Crippen LogP contribution in [0.15, 0.2) is 48.7 Å². The number of amides is 3. The molecular formula is C37H50N8O6Si. The van der Waals surface area contributed by atoms with Crippen molar-refractivity contribution in [3.05, 3.63) is 65.5 Å². The predicted molar refractivity (Wildman–Crippen MR) is 198 cm³/mol. The van der Waals surface area contributed by atoms with Gasteiger partial charge in [0.2, 0.25) is 11.8 Å². The first-order valence-electron chi connectivity index (χ1n) is 18.5. The van der Waals surface area contributed by atoms with E-state index in [-0.39, 0.29) is 54.4 Å². The monoisotopic (exact) mass is 730 g/mol. The van der Waals surface area contributed by atoms with Crippen LogP contribution >= 0.6 is 0 Å². The van der Waals surface area contributed by atoms with Crippen LogP contribution in [0, 0.1) is 5.92 Å². The molecular weight excluding hydrogens is 681 g/mol. The number of hydrogen-bond donors (Lipinski definition) is 6. The number of aromatic nitrogens is 3. The van der Waals surface area contributed by atoms with Gasteiger partial charge in [0.25, 0.3) is 5.91 Å². The van der Waals surface area contributed by atoms with Crippen LogP contribution in [0.1, 0.15) is 55.8 Å². The molecule has 0 saturated carbocycles. The molecule has 15 heteroatoms. The van der Waals surface area contributed by atoms with Crippen LogP contribution in [0.5, 0.6) is 0 Å². The first-order valence-corrected chi connectivity index (χ1v) is 21.5. The number of fused-ring (bicyclic) bond motifs is 2. The molecule has 6 atom stereocenters. The SMILES string of the molecule is C[C@@H]1[C@@H]([Si](C)(C)O)[C@H](CCn2cc(CCO)nn2)O[C@@]12C(=O)N(Cc1ccc(NC(=O)[C@H]3CCCN3)cc1)c1ccc(NC(=O)[C@H]3CCCN3)cc12. The largest absolute Gasteiger partial charge is 0.432 e. The number of benzene rings is 2. The van der Waals surface area contributed by atoms with Gasteiger partial charge >= 0.3 is 0 Å². The maximum atomic E-state index is 15.0. The fraction of sp³-hybridized carbons (Fsp3) is 0.541. The minimum Gasteiger partial charge on any atom is -0.432 e. The van der Waals surface area contributed by atoms with Crippen molar-refractivity contribution in [2.24, 2.45) is 5.92 Å². The van der Waals surface area contributed by atoms with Crippen molar-refractivity contribution in [2.45, 2.75) is 101 Å². The maximum absolute atomic E-state index is 15.0. The highest BCUT2D eigenvalue weighted by atomic mass is 28.4. The summed E-state index contributed by atoms with van der Waals surface area (Å²) in [5, 5.41) is 30.2. The standard InChI is InChI=1S/C37H50N8O6Si/c1-23-33(52(2,3)50)32(14-18-44-22-27(15-19-46)42-43-44)51-37(23)28-20-26(41-35(48)30-7-5-17-39-30)12-13-31(28)45(36(37)49)21-24-8-10-25(11-9-24)40-34(47)29-6-4-16-38-29/h8-13,20,22-23,29-30,32-33,38-39,46,50H,4-7,14-19,21H2,1-3H3,(H,40,47)(H,41,48)/t23-,29-,30-,32+,33-,37+/m1/s1. The molecule has 0 aliphatic carbocycles. The van der Waals surface area contributed by atoms with Gasteiger partial charge in [-0.1, -0.05) is 24.3 Å². The van der Waals surface area contributed by atoms with Gasteiger partial charge in [-0.05, 0) is 94.2 Å². The minimum atomic E-state index is -2.92. The summed E-state index contributed by atoms with van der Waals surface area (Å²) in [7, 11) is -2.92. The fourth-order valence-corrected chi connectivity index (χ4v) is 11.3. The average Bonchev–Trinajstić information content (AvgIpc) is 3.96. The number of aliphatic hydroxyl groups excluding tert-OH is 1. The van der Waals surface area contributed by atoms with Crippen molar-refractivity contribution in [2.75, 3.05) is 35.2 Å². The average molecular weight is 731 g/mol. The van der Waals surface area contributed by atoms with E-state index in [0.717, 1.165) is 44.3 Å². The lowest BCUT2D eigenvalue weighted by molar-refractivity contribution is -0.146. The molecule has 6 N–H and O–H groups in total. The highest BCUT2D eigenvalue weighted by molar-refractivity contribution is 6.71. The van der Waals surface area contributed by atoms with Gasteiger partial charge in [-0.25, -0.2) is 0 Å². The molecule has 3 aromatic rings. The van der Waals surface area contributed by atoms with Gasteiger partial charge in [-0.2, -0.15) is 0 Å². The van der Waals surface area contributed by atoms with Crippen LogP contribution in [-0.2, 0) is 44.2 Å². The van der Waals surface area contributed by atoms with E-state index in [4.69, 9.17) is 4.74 Å². The van der Waals surface area contributed by atoms with Crippen molar-refractivity contribution in [1.29, 1.82) is 0 Å². The van der Waals surface area contributed by atoms with Crippen LogP contribution in [0.25, 0.3) is 0 Å². The molecule has 0 bridgehead atoms. The molecule has 1 aromatic heterocycles. The summed E-state index contributed by atoms with van der Waals surface area (Å²) >= 11 is 0. The highest BCUT2D eigenvalue weighted by Gasteiger charge is 2.66. The molecule has 278 valence electrons. The Morgan fingerprint density at radius 1 is 1.02 bits per heavy atom. The van der Waals surface area contributed by atoms with Crippen LogP contribution in [0.4, 0.5) is 17.1 Å². The molecule has 52 heavy (non-hydrogen) atoms. The lowest BCUT2D eigenvalue weighted by Gasteiger charge is -2.32. The molecule has 1 spiro atoms. The van der Waals surface area contributed by atoms with Crippen LogP contribution in [0.3, 0.4) is 0 Å². The Morgan fingerprint density at radius 2 is 1.67 bits per heavy atom. The third-order valence-corrected chi connectivity index (χ3v) is 13.7. The number of nitrogens with zero attached hydrogens (tertiary/aromatic N) is 4. The van der Waals surface area contributed by atoms with E-state index in [1.54, 1.807) is 15.8 Å². The summed E-state index contributed by atoms with van der Waals surface area (Å²) in [4.78, 5) is 54.3. The van der Waals surface area contributed by atoms with Crippen molar-refractivity contribution < 1.29 is 29.0 Å². The van der Waals surface area contributed by atoms with Gasteiger partial charge in [-0.15, -0.1) is 5.10 Å². The summed E-state index contributed by atoms with van der Waals surface area (Å²) in [5.41, 5.74) is 2.52. The molecule has 3 fully saturated rings. The Kier molecular flexibility index (Phi) is 10.3. The molecule has 14 nitrogen and oxygen atoms in total. The zero-order chi connectivity index (χ0) is 36.6. The molecule has 0 radical (unpaired) electrons. The van der Waals surface area contributed by atoms with Gasteiger partial charge in [0.15, 0.2) is 13.9 Å². The molecule has 4 aliphatic rings. The topological polar surface area (TPSA) is 183 Å². The molecule has 4 aliphatic heterocycles. The van der Waals surface area contributed by atoms with Crippen molar-refractivity contribution in [3.8, 4) is 0 Å². The summed E-state index contributed by atoms with van der Waals surface area (Å²) in [5.74, 6) is -0.761. The lowest BCUT2D eigenvalue weighted by Crippen LogP contribution is -2.46. The summed E-state index contributed by atoms with van der Waals surface area (Å²) < 4.78 is 8.73. The first-order chi connectivity index (χ1) is 25.0. The van der Waals surface area contributed by atoms with Crippen molar-refractivity contribution >= 4 is 43.1 Å². The lowest BCUT2D eigenvalue weighted by atomic mass is 9.82. The Morgan fingerprint density at radius 3 is 2.29 bits per heavy atom. The molecule has 3 amide bonds. The first kappa shape index (κ1) is 36.4. The van der Waals surface area contributed by atoms with Gasteiger partial charge in [-0.3, -0.25) is 19.1 Å². The number of carbonyl (C=O) groups excluding carboxylic acids is 3.